The minimum Gasteiger partial charge on any atom is -0.443 e. The Kier molecular flexibility index (Phi) is 10.00. The Morgan fingerprint density at radius 2 is 1.89 bits per heavy atom. The second kappa shape index (κ2) is 12.5. The van der Waals surface area contributed by atoms with Crippen LogP contribution in [0.2, 0.25) is 0 Å². The van der Waals surface area contributed by atoms with Crippen molar-refractivity contribution in [2.75, 3.05) is 13.1 Å². The van der Waals surface area contributed by atoms with Gasteiger partial charge in [-0.25, -0.2) is 28.8 Å². The van der Waals surface area contributed by atoms with E-state index in [0.717, 1.165) is 30.3 Å². The fourth-order valence-corrected chi connectivity index (χ4v) is 3.60. The van der Waals surface area contributed by atoms with E-state index in [1.54, 1.807) is 25.7 Å². The molecule has 12 heteroatoms. The van der Waals surface area contributed by atoms with Crippen LogP contribution in [0.15, 0.2) is 18.2 Å². The van der Waals surface area contributed by atoms with Gasteiger partial charge in [0.15, 0.2) is 0 Å². The minimum absolute atomic E-state index is 0.00533. The number of rotatable bonds is 6. The molecule has 3 N–H and O–H groups in total. The van der Waals surface area contributed by atoms with E-state index >= 15 is 0 Å². The highest BCUT2D eigenvalue weighted by Crippen LogP contribution is 2.17. The van der Waals surface area contributed by atoms with Crippen molar-refractivity contribution >= 4 is 23.9 Å². The van der Waals surface area contributed by atoms with Gasteiger partial charge in [0.2, 0.25) is 11.8 Å². The molecule has 0 saturated carbocycles. The number of nitrogens with zero attached hydrogens (tertiary/aromatic N) is 2. The van der Waals surface area contributed by atoms with E-state index in [0.29, 0.717) is 12.6 Å². The van der Waals surface area contributed by atoms with Crippen LogP contribution < -0.4 is 16.1 Å². The number of benzene rings is 1. The zero-order valence-electron chi connectivity index (χ0n) is 21.3. The lowest BCUT2D eigenvalue weighted by Crippen LogP contribution is -2.58. The first-order valence-electron chi connectivity index (χ1n) is 11.9. The standard InChI is InChI=1S/C24H35F2N5O5/c1-15-8-6-7-11-30(15)20(32)14-31(29-23(35)36-24(3,4)5)22(34)28-16(2)21(33)27-13-17-9-10-18(25)12-19(17)26/h9-10,12,15-16H,6-8,11,13-14H2,1-5H3,(H,27,33)(H,28,34)(H,29,35)/t15-,16?/m0/s1. The van der Waals surface area contributed by atoms with Crippen LogP contribution in [0.3, 0.4) is 0 Å². The molecular formula is C24H35F2N5O5. The summed E-state index contributed by atoms with van der Waals surface area (Å²) in [6.07, 6.45) is 1.73. The van der Waals surface area contributed by atoms with Crippen LogP contribution >= 0.6 is 0 Å². The first kappa shape index (κ1) is 28.8. The second-order valence-electron chi connectivity index (χ2n) is 9.76. The minimum atomic E-state index is -1.10. The Balaban J connectivity index is 2.04. The molecule has 1 aliphatic rings. The number of piperidine rings is 1. The molecule has 1 aromatic rings. The molecule has 5 amide bonds. The maximum atomic E-state index is 13.8. The van der Waals surface area contributed by atoms with E-state index in [4.69, 9.17) is 4.74 Å². The van der Waals surface area contributed by atoms with Crippen LogP contribution in [-0.4, -0.2) is 64.6 Å². The molecule has 2 atom stereocenters. The fraction of sp³-hybridized carbons (Fsp3) is 0.583. The van der Waals surface area contributed by atoms with Crippen LogP contribution in [0.5, 0.6) is 0 Å². The molecule has 0 radical (unpaired) electrons. The Morgan fingerprint density at radius 1 is 1.19 bits per heavy atom. The predicted octanol–water partition coefficient (Wildman–Crippen LogP) is 2.82. The summed E-state index contributed by atoms with van der Waals surface area (Å²) in [5, 5.41) is 5.62. The summed E-state index contributed by atoms with van der Waals surface area (Å²) in [7, 11) is 0. The molecule has 0 spiro atoms. The predicted molar refractivity (Wildman–Crippen MR) is 127 cm³/mol. The largest absolute Gasteiger partial charge is 0.443 e. The smallest absolute Gasteiger partial charge is 0.426 e. The van der Waals surface area contributed by atoms with Crippen molar-refractivity contribution in [3.63, 3.8) is 0 Å². The zero-order chi connectivity index (χ0) is 27.0. The fourth-order valence-electron chi connectivity index (χ4n) is 3.60. The summed E-state index contributed by atoms with van der Waals surface area (Å²) in [5.41, 5.74) is 1.49. The molecule has 1 aliphatic heterocycles. The molecular weight excluding hydrogens is 476 g/mol. The van der Waals surface area contributed by atoms with Crippen LogP contribution in [0.4, 0.5) is 18.4 Å². The number of carbonyl (C=O) groups is 4. The third-order valence-electron chi connectivity index (χ3n) is 5.49. The molecule has 200 valence electrons. The van der Waals surface area contributed by atoms with Gasteiger partial charge < -0.3 is 20.3 Å². The quantitative estimate of drug-likeness (QED) is 0.508. The SMILES string of the molecule is CC(NC(=O)N(CC(=O)N1CCCC[C@@H]1C)NC(=O)OC(C)(C)C)C(=O)NCc1ccc(F)cc1F. The first-order valence-corrected chi connectivity index (χ1v) is 11.9. The molecule has 1 fully saturated rings. The van der Waals surface area contributed by atoms with Gasteiger partial charge in [0.1, 0.15) is 29.8 Å². The Hall–Kier alpha value is -3.44. The normalized spacial score (nSPS) is 16.5. The number of amides is 5. The number of hydrazine groups is 1. The Morgan fingerprint density at radius 3 is 2.50 bits per heavy atom. The van der Waals surface area contributed by atoms with Gasteiger partial charge in [0, 0.05) is 30.8 Å². The van der Waals surface area contributed by atoms with Gasteiger partial charge in [-0.2, -0.15) is 0 Å². The van der Waals surface area contributed by atoms with Crippen LogP contribution in [0.25, 0.3) is 0 Å². The Labute approximate surface area is 209 Å². The summed E-state index contributed by atoms with van der Waals surface area (Å²) in [6, 6.07) is 0.952. The van der Waals surface area contributed by atoms with Crippen molar-refractivity contribution in [1.82, 2.24) is 26.0 Å². The van der Waals surface area contributed by atoms with Crippen LogP contribution in [-0.2, 0) is 20.9 Å². The highest BCUT2D eigenvalue weighted by Gasteiger charge is 2.30. The highest BCUT2D eigenvalue weighted by atomic mass is 19.1. The first-order chi connectivity index (χ1) is 16.8. The van der Waals surface area contributed by atoms with Gasteiger partial charge in [0.05, 0.1) is 0 Å². The summed E-state index contributed by atoms with van der Waals surface area (Å²) < 4.78 is 32.1. The Bertz CT molecular complexity index is 969. The summed E-state index contributed by atoms with van der Waals surface area (Å²) in [4.78, 5) is 52.2. The molecule has 1 unspecified atom stereocenters. The molecule has 0 aliphatic carbocycles. The lowest BCUT2D eigenvalue weighted by atomic mass is 10.0. The number of urea groups is 1. The van der Waals surface area contributed by atoms with E-state index in [1.165, 1.54) is 13.0 Å². The number of hydrogen-bond acceptors (Lipinski definition) is 5. The lowest BCUT2D eigenvalue weighted by Gasteiger charge is -2.35. The molecule has 36 heavy (non-hydrogen) atoms. The van der Waals surface area contributed by atoms with E-state index in [2.05, 4.69) is 16.1 Å². The maximum absolute atomic E-state index is 13.8. The van der Waals surface area contributed by atoms with Gasteiger partial charge in [0.25, 0.3) is 0 Å². The van der Waals surface area contributed by atoms with Crippen LogP contribution in [0.1, 0.15) is 59.4 Å². The average Bonchev–Trinajstić information content (AvgIpc) is 2.76. The van der Waals surface area contributed by atoms with Gasteiger partial charge in [-0.05, 0) is 59.9 Å². The molecule has 0 bridgehead atoms. The molecule has 1 heterocycles. The second-order valence-corrected chi connectivity index (χ2v) is 9.76. The molecule has 2 rings (SSSR count). The average molecular weight is 512 g/mol. The number of halogens is 2. The number of likely N-dealkylation sites (tertiary alicyclic amines) is 1. The van der Waals surface area contributed by atoms with E-state index < -0.39 is 47.9 Å². The van der Waals surface area contributed by atoms with Gasteiger partial charge in [-0.3, -0.25) is 9.59 Å². The number of carbonyl (C=O) groups excluding carboxylic acids is 4. The lowest BCUT2D eigenvalue weighted by molar-refractivity contribution is -0.135. The summed E-state index contributed by atoms with van der Waals surface area (Å²) >= 11 is 0. The third-order valence-corrected chi connectivity index (χ3v) is 5.49. The van der Waals surface area contributed by atoms with Gasteiger partial charge >= 0.3 is 12.1 Å². The van der Waals surface area contributed by atoms with E-state index in [-0.39, 0.29) is 24.1 Å². The molecule has 1 saturated heterocycles. The summed E-state index contributed by atoms with van der Waals surface area (Å²) in [5.74, 6) is -2.57. The number of hydrogen-bond donors (Lipinski definition) is 3. The maximum Gasteiger partial charge on any atom is 0.426 e. The van der Waals surface area contributed by atoms with Crippen molar-refractivity contribution in [2.45, 2.75) is 78.1 Å². The monoisotopic (exact) mass is 511 g/mol. The molecule has 0 aromatic heterocycles. The van der Waals surface area contributed by atoms with Crippen molar-refractivity contribution in [1.29, 1.82) is 0 Å². The third kappa shape index (κ3) is 8.97. The molecule has 1 aromatic carbocycles. The summed E-state index contributed by atoms with van der Waals surface area (Å²) in [6.45, 7) is 8.09. The van der Waals surface area contributed by atoms with Crippen molar-refractivity contribution in [3.8, 4) is 0 Å². The van der Waals surface area contributed by atoms with E-state index in [1.807, 2.05) is 6.92 Å². The topological polar surface area (TPSA) is 120 Å². The van der Waals surface area contributed by atoms with Crippen molar-refractivity contribution in [2.24, 2.45) is 0 Å². The van der Waals surface area contributed by atoms with Crippen LogP contribution in [0, 0.1) is 11.6 Å². The van der Waals surface area contributed by atoms with E-state index in [9.17, 15) is 28.0 Å². The van der Waals surface area contributed by atoms with Crippen molar-refractivity contribution in [3.05, 3.63) is 35.4 Å². The highest BCUT2D eigenvalue weighted by molar-refractivity contribution is 5.89. The van der Waals surface area contributed by atoms with Gasteiger partial charge in [-0.1, -0.05) is 6.07 Å². The number of nitrogens with one attached hydrogen (secondary N) is 3. The van der Waals surface area contributed by atoms with Crippen molar-refractivity contribution < 1.29 is 32.7 Å². The zero-order valence-corrected chi connectivity index (χ0v) is 21.3. The number of ether oxygens (including phenoxy) is 1. The van der Waals surface area contributed by atoms with Gasteiger partial charge in [-0.15, -0.1) is 0 Å². The molecule has 10 nitrogen and oxygen atoms in total.